The first-order valence-corrected chi connectivity index (χ1v) is 5.71. The molecule has 84 valence electrons. The summed E-state index contributed by atoms with van der Waals surface area (Å²) in [6.45, 7) is 1.75. The maximum Gasteiger partial charge on any atom is 0.325 e. The highest BCUT2D eigenvalue weighted by Crippen LogP contribution is 2.21. The SMILES string of the molecule is CN(CCn1cc[nH]c1=O)C1CCCC1. The molecule has 1 N–H and O–H groups in total. The summed E-state index contributed by atoms with van der Waals surface area (Å²) in [6, 6.07) is 0.736. The molecule has 1 aliphatic rings. The molecule has 0 bridgehead atoms. The largest absolute Gasteiger partial charge is 0.325 e. The van der Waals surface area contributed by atoms with Crippen molar-refractivity contribution in [2.45, 2.75) is 38.3 Å². The lowest BCUT2D eigenvalue weighted by Crippen LogP contribution is -2.33. The van der Waals surface area contributed by atoms with Gasteiger partial charge in [-0.1, -0.05) is 12.8 Å². The van der Waals surface area contributed by atoms with Crippen LogP contribution < -0.4 is 5.69 Å². The van der Waals surface area contributed by atoms with Crippen molar-refractivity contribution in [3.8, 4) is 0 Å². The second-order valence-corrected chi connectivity index (χ2v) is 4.38. The van der Waals surface area contributed by atoms with Gasteiger partial charge in [0.05, 0.1) is 0 Å². The predicted octanol–water partition coefficient (Wildman–Crippen LogP) is 1.05. The summed E-state index contributed by atoms with van der Waals surface area (Å²) in [5.41, 5.74) is -0.00479. The van der Waals surface area contributed by atoms with Crippen LogP contribution in [0.3, 0.4) is 0 Å². The fourth-order valence-electron chi connectivity index (χ4n) is 2.32. The standard InChI is InChI=1S/C11H19N3O/c1-13(10-4-2-3-5-10)8-9-14-7-6-12-11(14)15/h6-7,10H,2-5,8-9H2,1H3,(H,12,15). The van der Waals surface area contributed by atoms with Crippen LogP contribution in [-0.4, -0.2) is 34.1 Å². The molecule has 0 saturated heterocycles. The molecule has 0 spiro atoms. The van der Waals surface area contributed by atoms with Crippen LogP contribution in [0.25, 0.3) is 0 Å². The monoisotopic (exact) mass is 209 g/mol. The minimum absolute atomic E-state index is 0.00479. The highest BCUT2D eigenvalue weighted by Gasteiger charge is 2.18. The lowest BCUT2D eigenvalue weighted by atomic mass is 10.2. The van der Waals surface area contributed by atoms with Crippen molar-refractivity contribution in [1.29, 1.82) is 0 Å². The fraction of sp³-hybridized carbons (Fsp3) is 0.727. The van der Waals surface area contributed by atoms with E-state index >= 15 is 0 Å². The number of aromatic nitrogens is 2. The van der Waals surface area contributed by atoms with E-state index in [2.05, 4.69) is 16.9 Å². The number of imidazole rings is 1. The molecule has 1 aliphatic carbocycles. The van der Waals surface area contributed by atoms with Crippen LogP contribution in [0.4, 0.5) is 0 Å². The number of nitrogens with one attached hydrogen (secondary N) is 1. The van der Waals surface area contributed by atoms with E-state index in [0.717, 1.165) is 19.1 Å². The molecule has 1 heterocycles. The molecule has 1 saturated carbocycles. The lowest BCUT2D eigenvalue weighted by molar-refractivity contribution is 0.235. The predicted molar refractivity (Wildman–Crippen MR) is 59.9 cm³/mol. The molecule has 0 aliphatic heterocycles. The van der Waals surface area contributed by atoms with Gasteiger partial charge in [0.15, 0.2) is 0 Å². The van der Waals surface area contributed by atoms with Gasteiger partial charge in [0.1, 0.15) is 0 Å². The lowest BCUT2D eigenvalue weighted by Gasteiger charge is -2.23. The van der Waals surface area contributed by atoms with Crippen LogP contribution in [0.2, 0.25) is 0 Å². The van der Waals surface area contributed by atoms with Gasteiger partial charge in [0.2, 0.25) is 0 Å². The van der Waals surface area contributed by atoms with Crippen LogP contribution in [0.1, 0.15) is 25.7 Å². The fourth-order valence-corrected chi connectivity index (χ4v) is 2.32. The average Bonchev–Trinajstić information content (AvgIpc) is 2.85. The highest BCUT2D eigenvalue weighted by molar-refractivity contribution is 4.78. The minimum atomic E-state index is -0.00479. The molecule has 1 aromatic heterocycles. The van der Waals surface area contributed by atoms with Gasteiger partial charge < -0.3 is 9.88 Å². The van der Waals surface area contributed by atoms with Crippen molar-refractivity contribution in [2.24, 2.45) is 0 Å². The van der Waals surface area contributed by atoms with Crippen LogP contribution in [0.15, 0.2) is 17.2 Å². The van der Waals surface area contributed by atoms with Gasteiger partial charge >= 0.3 is 5.69 Å². The van der Waals surface area contributed by atoms with Crippen molar-refractivity contribution in [3.63, 3.8) is 0 Å². The molecular weight excluding hydrogens is 190 g/mol. The molecule has 4 nitrogen and oxygen atoms in total. The Labute approximate surface area is 89.9 Å². The molecular formula is C11H19N3O. The smallest absolute Gasteiger partial charge is 0.313 e. The second kappa shape index (κ2) is 4.66. The van der Waals surface area contributed by atoms with E-state index in [9.17, 15) is 4.79 Å². The Morgan fingerprint density at radius 2 is 2.27 bits per heavy atom. The van der Waals surface area contributed by atoms with E-state index in [1.807, 2.05) is 6.20 Å². The van der Waals surface area contributed by atoms with E-state index in [-0.39, 0.29) is 5.69 Å². The van der Waals surface area contributed by atoms with Crippen LogP contribution in [0.5, 0.6) is 0 Å². The number of rotatable bonds is 4. The molecule has 0 atom stereocenters. The Hall–Kier alpha value is -1.03. The van der Waals surface area contributed by atoms with Crippen molar-refractivity contribution in [3.05, 3.63) is 22.9 Å². The van der Waals surface area contributed by atoms with Crippen LogP contribution >= 0.6 is 0 Å². The van der Waals surface area contributed by atoms with E-state index in [1.54, 1.807) is 10.8 Å². The quantitative estimate of drug-likeness (QED) is 0.805. The Balaban J connectivity index is 1.82. The average molecular weight is 209 g/mol. The Bertz CT molecular complexity index is 349. The zero-order valence-electron chi connectivity index (χ0n) is 9.28. The highest BCUT2D eigenvalue weighted by atomic mass is 16.1. The van der Waals surface area contributed by atoms with Crippen molar-refractivity contribution in [2.75, 3.05) is 13.6 Å². The van der Waals surface area contributed by atoms with Gasteiger partial charge in [-0.3, -0.25) is 4.57 Å². The Kier molecular flexibility index (Phi) is 3.26. The number of likely N-dealkylation sites (N-methyl/N-ethyl adjacent to an activating group) is 1. The Morgan fingerprint density at radius 1 is 1.53 bits per heavy atom. The van der Waals surface area contributed by atoms with Crippen molar-refractivity contribution < 1.29 is 0 Å². The molecule has 4 heteroatoms. The molecule has 0 amide bonds. The van der Waals surface area contributed by atoms with Gasteiger partial charge in [0, 0.05) is 31.5 Å². The maximum absolute atomic E-state index is 11.2. The van der Waals surface area contributed by atoms with Crippen molar-refractivity contribution >= 4 is 0 Å². The molecule has 15 heavy (non-hydrogen) atoms. The second-order valence-electron chi connectivity index (χ2n) is 4.38. The first-order valence-electron chi connectivity index (χ1n) is 5.71. The molecule has 0 radical (unpaired) electrons. The first kappa shape index (κ1) is 10.5. The minimum Gasteiger partial charge on any atom is -0.313 e. The molecule has 1 fully saturated rings. The number of nitrogens with zero attached hydrogens (tertiary/aromatic N) is 2. The van der Waals surface area contributed by atoms with E-state index in [4.69, 9.17) is 0 Å². The third kappa shape index (κ3) is 2.50. The van der Waals surface area contributed by atoms with Crippen LogP contribution in [-0.2, 0) is 6.54 Å². The van der Waals surface area contributed by atoms with Gasteiger partial charge in [-0.05, 0) is 19.9 Å². The molecule has 0 aromatic carbocycles. The Morgan fingerprint density at radius 3 is 2.87 bits per heavy atom. The summed E-state index contributed by atoms with van der Waals surface area (Å²) in [5, 5.41) is 0. The topological polar surface area (TPSA) is 41.0 Å². The van der Waals surface area contributed by atoms with E-state index in [0.29, 0.717) is 0 Å². The number of hydrogen-bond acceptors (Lipinski definition) is 2. The summed E-state index contributed by atoms with van der Waals surface area (Å²) in [5.74, 6) is 0. The third-order valence-corrected chi connectivity index (χ3v) is 3.36. The normalized spacial score (nSPS) is 17.7. The number of hydrogen-bond donors (Lipinski definition) is 1. The number of H-pyrrole nitrogens is 1. The van der Waals surface area contributed by atoms with Crippen molar-refractivity contribution in [1.82, 2.24) is 14.5 Å². The van der Waals surface area contributed by atoms with Gasteiger partial charge in [0.25, 0.3) is 0 Å². The maximum atomic E-state index is 11.2. The third-order valence-electron chi connectivity index (χ3n) is 3.36. The summed E-state index contributed by atoms with van der Waals surface area (Å²) in [7, 11) is 2.16. The van der Waals surface area contributed by atoms with Gasteiger partial charge in [-0.15, -0.1) is 0 Å². The summed E-state index contributed by atoms with van der Waals surface area (Å²) in [6.07, 6.45) is 8.86. The van der Waals surface area contributed by atoms with Crippen LogP contribution in [0, 0.1) is 0 Å². The molecule has 0 unspecified atom stereocenters. The van der Waals surface area contributed by atoms with Gasteiger partial charge in [-0.2, -0.15) is 0 Å². The van der Waals surface area contributed by atoms with E-state index < -0.39 is 0 Å². The summed E-state index contributed by atoms with van der Waals surface area (Å²) in [4.78, 5) is 16.3. The summed E-state index contributed by atoms with van der Waals surface area (Å²) >= 11 is 0. The zero-order valence-corrected chi connectivity index (χ0v) is 9.28. The molecule has 2 rings (SSSR count). The first-order chi connectivity index (χ1) is 7.27. The van der Waals surface area contributed by atoms with Gasteiger partial charge in [-0.25, -0.2) is 4.79 Å². The zero-order chi connectivity index (χ0) is 10.7. The summed E-state index contributed by atoms with van der Waals surface area (Å²) < 4.78 is 1.73. The number of aromatic amines is 1. The molecule has 1 aromatic rings. The van der Waals surface area contributed by atoms with E-state index in [1.165, 1.54) is 25.7 Å².